The van der Waals surface area contributed by atoms with Gasteiger partial charge in [0.15, 0.2) is 5.58 Å². The van der Waals surface area contributed by atoms with Gasteiger partial charge in [-0.3, -0.25) is 0 Å². The Morgan fingerprint density at radius 1 is 0.354 bits per heavy atom. The van der Waals surface area contributed by atoms with Gasteiger partial charge < -0.3 is 9.32 Å². The van der Waals surface area contributed by atoms with Crippen molar-refractivity contribution in [2.24, 2.45) is 0 Å². The maximum atomic E-state index is 6.77. The molecule has 0 fully saturated rings. The highest BCUT2D eigenvalue weighted by molar-refractivity contribution is 6.23. The molecular formula is C46H31NO. The monoisotopic (exact) mass is 613 g/mol. The summed E-state index contributed by atoms with van der Waals surface area (Å²) >= 11 is 0. The van der Waals surface area contributed by atoms with E-state index >= 15 is 0 Å². The van der Waals surface area contributed by atoms with Crippen LogP contribution < -0.4 is 4.90 Å². The second-order valence-electron chi connectivity index (χ2n) is 12.2. The number of rotatable bonds is 6. The number of furan rings is 1. The molecule has 0 amide bonds. The Bertz CT molecular complexity index is 2560. The van der Waals surface area contributed by atoms with Crippen molar-refractivity contribution in [2.45, 2.75) is 0 Å². The summed E-state index contributed by atoms with van der Waals surface area (Å²) in [6.07, 6.45) is 0. The van der Waals surface area contributed by atoms with Crippen LogP contribution in [0.4, 0.5) is 17.1 Å². The van der Waals surface area contributed by atoms with Gasteiger partial charge in [-0.1, -0.05) is 146 Å². The smallest absolute Gasteiger partial charge is 0.160 e. The molecule has 0 unspecified atom stereocenters. The molecule has 0 bridgehead atoms. The third-order valence-electron chi connectivity index (χ3n) is 9.21. The van der Waals surface area contributed by atoms with Gasteiger partial charge in [-0.25, -0.2) is 0 Å². The number of fused-ring (bicyclic) bond motifs is 5. The molecule has 0 radical (unpaired) electrons. The third kappa shape index (κ3) is 4.92. The van der Waals surface area contributed by atoms with Crippen molar-refractivity contribution in [1.29, 1.82) is 0 Å². The molecule has 2 nitrogen and oxygen atoms in total. The number of nitrogens with zero attached hydrogens (tertiary/aromatic N) is 1. The van der Waals surface area contributed by atoms with E-state index in [-0.39, 0.29) is 0 Å². The van der Waals surface area contributed by atoms with Crippen molar-refractivity contribution < 1.29 is 4.42 Å². The molecule has 48 heavy (non-hydrogen) atoms. The van der Waals surface area contributed by atoms with E-state index in [4.69, 9.17) is 4.42 Å². The van der Waals surface area contributed by atoms with E-state index in [0.717, 1.165) is 50.1 Å². The summed E-state index contributed by atoms with van der Waals surface area (Å²) < 4.78 is 6.77. The van der Waals surface area contributed by atoms with Gasteiger partial charge in [0.2, 0.25) is 0 Å². The standard InChI is InChI=1S/C46H31NO/c1-3-14-32(15-4-1)34-19-11-20-35(28-34)37-22-13-24-40(30-37)47(39-23-12-21-36(29-39)33-16-5-2-6-17-33)43-31-38-18-7-8-25-41(38)45-42-26-9-10-27-44(42)48-46(43)45/h1-31H. The highest BCUT2D eigenvalue weighted by Crippen LogP contribution is 2.46. The van der Waals surface area contributed by atoms with Gasteiger partial charge in [-0.15, -0.1) is 0 Å². The molecule has 1 aromatic heterocycles. The van der Waals surface area contributed by atoms with Gasteiger partial charge in [0.1, 0.15) is 5.58 Å². The van der Waals surface area contributed by atoms with Crippen molar-refractivity contribution in [2.75, 3.05) is 4.90 Å². The first-order chi connectivity index (χ1) is 23.8. The number of benzene rings is 8. The molecule has 0 aliphatic heterocycles. The minimum absolute atomic E-state index is 0.872. The van der Waals surface area contributed by atoms with Crippen LogP contribution in [0.5, 0.6) is 0 Å². The zero-order valence-electron chi connectivity index (χ0n) is 26.3. The first-order valence-electron chi connectivity index (χ1n) is 16.3. The van der Waals surface area contributed by atoms with E-state index in [1.165, 1.54) is 33.0 Å². The first kappa shape index (κ1) is 27.9. The summed E-state index contributed by atoms with van der Waals surface area (Å²) in [5.41, 5.74) is 11.9. The molecule has 1 heterocycles. The Hall–Kier alpha value is -6.38. The molecule has 0 saturated heterocycles. The van der Waals surface area contributed by atoms with Gasteiger partial charge in [0, 0.05) is 22.1 Å². The van der Waals surface area contributed by atoms with Crippen LogP contribution in [0.2, 0.25) is 0 Å². The van der Waals surface area contributed by atoms with E-state index in [1.54, 1.807) is 0 Å². The summed E-state index contributed by atoms with van der Waals surface area (Å²) in [6, 6.07) is 66.8. The number of anilines is 3. The Kier molecular flexibility index (Phi) is 6.84. The SMILES string of the molecule is c1ccc(-c2cccc(-c3cccc(N(c4cccc(-c5ccccc5)c4)c4cc5ccccc5c5c4oc4ccccc45)c3)c2)cc1. The number of para-hydroxylation sites is 1. The average Bonchev–Trinajstić information content (AvgIpc) is 3.56. The third-order valence-corrected chi connectivity index (χ3v) is 9.21. The van der Waals surface area contributed by atoms with Crippen LogP contribution >= 0.6 is 0 Å². The normalized spacial score (nSPS) is 11.3. The second-order valence-corrected chi connectivity index (χ2v) is 12.2. The molecule has 9 rings (SSSR count). The van der Waals surface area contributed by atoms with Crippen LogP contribution in [0.25, 0.3) is 66.1 Å². The Balaban J connectivity index is 1.29. The van der Waals surface area contributed by atoms with Crippen LogP contribution in [-0.2, 0) is 0 Å². The fraction of sp³-hybridized carbons (Fsp3) is 0. The Morgan fingerprint density at radius 3 is 1.50 bits per heavy atom. The Morgan fingerprint density at radius 2 is 0.833 bits per heavy atom. The molecule has 226 valence electrons. The van der Waals surface area contributed by atoms with E-state index in [0.29, 0.717) is 0 Å². The van der Waals surface area contributed by atoms with Crippen molar-refractivity contribution in [1.82, 2.24) is 0 Å². The lowest BCUT2D eigenvalue weighted by Crippen LogP contribution is -2.10. The second kappa shape index (κ2) is 11.8. The molecular weight excluding hydrogens is 583 g/mol. The minimum Gasteiger partial charge on any atom is -0.454 e. The lowest BCUT2D eigenvalue weighted by Gasteiger charge is -2.27. The van der Waals surface area contributed by atoms with Gasteiger partial charge in [-0.2, -0.15) is 0 Å². The minimum atomic E-state index is 0.872. The summed E-state index contributed by atoms with van der Waals surface area (Å²) in [5.74, 6) is 0. The summed E-state index contributed by atoms with van der Waals surface area (Å²) in [7, 11) is 0. The van der Waals surface area contributed by atoms with Crippen molar-refractivity contribution in [3.05, 3.63) is 188 Å². The molecule has 0 atom stereocenters. The molecule has 9 aromatic rings. The predicted molar refractivity (Wildman–Crippen MR) is 202 cm³/mol. The van der Waals surface area contributed by atoms with E-state index < -0.39 is 0 Å². The van der Waals surface area contributed by atoms with Crippen molar-refractivity contribution >= 4 is 49.8 Å². The fourth-order valence-electron chi connectivity index (χ4n) is 6.94. The van der Waals surface area contributed by atoms with E-state index in [1.807, 2.05) is 6.07 Å². The van der Waals surface area contributed by atoms with Crippen molar-refractivity contribution in [3.63, 3.8) is 0 Å². The van der Waals surface area contributed by atoms with E-state index in [9.17, 15) is 0 Å². The van der Waals surface area contributed by atoms with E-state index in [2.05, 4.69) is 187 Å². The lowest BCUT2D eigenvalue weighted by molar-refractivity contribution is 0.669. The van der Waals surface area contributed by atoms with Gasteiger partial charge in [0.05, 0.1) is 5.69 Å². The van der Waals surface area contributed by atoms with Crippen LogP contribution in [0.15, 0.2) is 192 Å². The topological polar surface area (TPSA) is 16.4 Å². The quantitative estimate of drug-likeness (QED) is 0.185. The fourth-order valence-corrected chi connectivity index (χ4v) is 6.94. The molecule has 2 heteroatoms. The molecule has 0 aliphatic carbocycles. The summed E-state index contributed by atoms with van der Waals surface area (Å²) in [6.45, 7) is 0. The molecule has 0 spiro atoms. The predicted octanol–water partition coefficient (Wildman–Crippen LogP) is 13.2. The zero-order valence-corrected chi connectivity index (χ0v) is 26.3. The van der Waals surface area contributed by atoms with Crippen molar-refractivity contribution in [3.8, 4) is 33.4 Å². The number of hydrogen-bond donors (Lipinski definition) is 0. The maximum absolute atomic E-state index is 6.77. The molecule has 0 N–H and O–H groups in total. The molecule has 0 aliphatic rings. The number of hydrogen-bond acceptors (Lipinski definition) is 2. The molecule has 8 aromatic carbocycles. The average molecular weight is 614 g/mol. The van der Waals surface area contributed by atoms with Crippen LogP contribution in [-0.4, -0.2) is 0 Å². The first-order valence-corrected chi connectivity index (χ1v) is 16.3. The zero-order chi connectivity index (χ0) is 31.9. The highest BCUT2D eigenvalue weighted by Gasteiger charge is 2.22. The largest absolute Gasteiger partial charge is 0.454 e. The lowest BCUT2D eigenvalue weighted by atomic mass is 9.98. The van der Waals surface area contributed by atoms with Crippen LogP contribution in [0.3, 0.4) is 0 Å². The summed E-state index contributed by atoms with van der Waals surface area (Å²) in [5, 5.41) is 4.61. The van der Waals surface area contributed by atoms with Crippen LogP contribution in [0, 0.1) is 0 Å². The van der Waals surface area contributed by atoms with Crippen LogP contribution in [0.1, 0.15) is 0 Å². The summed E-state index contributed by atoms with van der Waals surface area (Å²) in [4.78, 5) is 2.36. The van der Waals surface area contributed by atoms with Gasteiger partial charge in [-0.05, 0) is 86.6 Å². The highest BCUT2D eigenvalue weighted by atomic mass is 16.3. The van der Waals surface area contributed by atoms with Gasteiger partial charge >= 0.3 is 0 Å². The Labute approximate surface area is 279 Å². The van der Waals surface area contributed by atoms with Gasteiger partial charge in [0.25, 0.3) is 0 Å². The maximum Gasteiger partial charge on any atom is 0.160 e. The molecule has 0 saturated carbocycles.